The molecule has 1 aliphatic rings. The number of anilines is 1. The van der Waals surface area contributed by atoms with Crippen LogP contribution in [0.2, 0.25) is 0 Å². The summed E-state index contributed by atoms with van der Waals surface area (Å²) in [6.45, 7) is 0.832. The molecule has 0 aromatic carbocycles. The number of aromatic nitrogens is 1. The monoisotopic (exact) mass is 253 g/mol. The molecule has 0 bridgehead atoms. The van der Waals surface area contributed by atoms with E-state index in [-0.39, 0.29) is 5.69 Å². The fourth-order valence-corrected chi connectivity index (χ4v) is 3.06. The highest BCUT2D eigenvalue weighted by Gasteiger charge is 2.14. The van der Waals surface area contributed by atoms with Crippen LogP contribution >= 0.6 is 11.8 Å². The van der Waals surface area contributed by atoms with Crippen LogP contribution in [0.5, 0.6) is 0 Å². The molecule has 1 unspecified atom stereocenters. The van der Waals surface area contributed by atoms with E-state index < -0.39 is 4.92 Å². The molecule has 1 saturated heterocycles. The molecule has 1 atom stereocenters. The van der Waals surface area contributed by atoms with E-state index >= 15 is 0 Å². The normalized spacial score (nSPS) is 19.9. The van der Waals surface area contributed by atoms with Gasteiger partial charge in [-0.05, 0) is 18.6 Å². The van der Waals surface area contributed by atoms with Gasteiger partial charge in [0, 0.05) is 24.1 Å². The van der Waals surface area contributed by atoms with Crippen molar-refractivity contribution in [2.45, 2.75) is 24.5 Å². The lowest BCUT2D eigenvalue weighted by Crippen LogP contribution is -2.20. The Morgan fingerprint density at radius 2 is 2.47 bits per heavy atom. The molecule has 0 radical (unpaired) electrons. The van der Waals surface area contributed by atoms with E-state index in [1.165, 1.54) is 43.3 Å². The molecule has 17 heavy (non-hydrogen) atoms. The number of hydrogen-bond acceptors (Lipinski definition) is 5. The average molecular weight is 253 g/mol. The summed E-state index contributed by atoms with van der Waals surface area (Å²) in [4.78, 5) is 14.3. The van der Waals surface area contributed by atoms with Crippen molar-refractivity contribution < 1.29 is 4.92 Å². The maximum atomic E-state index is 10.6. The van der Waals surface area contributed by atoms with Crippen molar-refractivity contribution in [2.24, 2.45) is 0 Å². The molecular formula is C11H15N3O2S. The minimum Gasteiger partial charge on any atom is -0.369 e. The molecule has 92 valence electrons. The van der Waals surface area contributed by atoms with Crippen molar-refractivity contribution in [1.82, 2.24) is 4.98 Å². The summed E-state index contributed by atoms with van der Waals surface area (Å²) in [6.07, 6.45) is 5.26. The lowest BCUT2D eigenvalue weighted by Gasteiger charge is -2.21. The molecule has 1 aromatic heterocycles. The molecule has 5 nitrogen and oxygen atoms in total. The lowest BCUT2D eigenvalue weighted by atomic mass is 10.2. The number of thioether (sulfide) groups is 1. The van der Waals surface area contributed by atoms with E-state index in [1.807, 2.05) is 11.8 Å². The molecule has 0 spiro atoms. The second-order valence-electron chi connectivity index (χ2n) is 4.03. The van der Waals surface area contributed by atoms with Gasteiger partial charge in [0.25, 0.3) is 5.69 Å². The van der Waals surface area contributed by atoms with Gasteiger partial charge in [-0.25, -0.2) is 4.98 Å². The molecule has 1 aromatic rings. The highest BCUT2D eigenvalue weighted by atomic mass is 32.2. The summed E-state index contributed by atoms with van der Waals surface area (Å²) in [5, 5.41) is 14.4. The molecule has 0 amide bonds. The summed E-state index contributed by atoms with van der Waals surface area (Å²) < 4.78 is 0. The first kappa shape index (κ1) is 12.2. The second kappa shape index (κ2) is 5.86. The quantitative estimate of drug-likeness (QED) is 0.660. The zero-order valence-electron chi connectivity index (χ0n) is 9.46. The maximum Gasteiger partial charge on any atom is 0.274 e. The van der Waals surface area contributed by atoms with Gasteiger partial charge in [0.05, 0.1) is 11.0 Å². The van der Waals surface area contributed by atoms with E-state index in [2.05, 4.69) is 10.3 Å². The summed E-state index contributed by atoms with van der Waals surface area (Å²) in [5.74, 6) is 1.81. The number of nitro groups is 1. The van der Waals surface area contributed by atoms with Crippen LogP contribution in [-0.4, -0.2) is 27.5 Å². The Labute approximate surface area is 104 Å². The number of rotatable bonds is 4. The summed E-state index contributed by atoms with van der Waals surface area (Å²) in [7, 11) is 0. The summed E-state index contributed by atoms with van der Waals surface area (Å²) in [5.41, 5.74) is 0.0822. The van der Waals surface area contributed by atoms with E-state index in [0.29, 0.717) is 11.1 Å². The topological polar surface area (TPSA) is 68.1 Å². The standard InChI is InChI=1S/C11H15N3O2S/c15-14(16)9-4-5-12-11(7-9)13-8-10-3-1-2-6-17-10/h4-5,7,10H,1-3,6,8H2,(H,12,13). The molecule has 1 N–H and O–H groups in total. The van der Waals surface area contributed by atoms with Crippen LogP contribution in [0.15, 0.2) is 18.3 Å². The van der Waals surface area contributed by atoms with Crippen LogP contribution in [0.1, 0.15) is 19.3 Å². The van der Waals surface area contributed by atoms with Crippen LogP contribution in [0.25, 0.3) is 0 Å². The molecule has 1 fully saturated rings. The molecule has 6 heteroatoms. The Morgan fingerprint density at radius 1 is 1.59 bits per heavy atom. The third kappa shape index (κ3) is 3.59. The zero-order valence-corrected chi connectivity index (χ0v) is 10.3. The van der Waals surface area contributed by atoms with Crippen LogP contribution in [0.3, 0.4) is 0 Å². The van der Waals surface area contributed by atoms with Gasteiger partial charge >= 0.3 is 0 Å². The largest absolute Gasteiger partial charge is 0.369 e. The fraction of sp³-hybridized carbons (Fsp3) is 0.545. The Kier molecular flexibility index (Phi) is 4.19. The van der Waals surface area contributed by atoms with E-state index in [1.54, 1.807) is 0 Å². The lowest BCUT2D eigenvalue weighted by molar-refractivity contribution is -0.384. The van der Waals surface area contributed by atoms with E-state index in [0.717, 1.165) is 6.54 Å². The highest BCUT2D eigenvalue weighted by Crippen LogP contribution is 2.25. The minimum absolute atomic E-state index is 0.0822. The Morgan fingerprint density at radius 3 is 3.18 bits per heavy atom. The average Bonchev–Trinajstić information content (AvgIpc) is 2.38. The van der Waals surface area contributed by atoms with Gasteiger partial charge in [-0.2, -0.15) is 11.8 Å². The van der Waals surface area contributed by atoms with Crippen molar-refractivity contribution in [3.05, 3.63) is 28.4 Å². The van der Waals surface area contributed by atoms with Crippen LogP contribution in [0, 0.1) is 10.1 Å². The molecular weight excluding hydrogens is 238 g/mol. The molecule has 0 aliphatic carbocycles. The predicted octanol–water partition coefficient (Wildman–Crippen LogP) is 2.69. The van der Waals surface area contributed by atoms with Gasteiger partial charge in [0.1, 0.15) is 5.82 Å². The first-order valence-corrected chi connectivity index (χ1v) is 6.76. The summed E-state index contributed by atoms with van der Waals surface area (Å²) >= 11 is 1.97. The third-order valence-corrected chi connectivity index (χ3v) is 4.14. The van der Waals surface area contributed by atoms with Gasteiger partial charge in [-0.15, -0.1) is 0 Å². The fourth-order valence-electron chi connectivity index (χ4n) is 1.82. The number of nitrogens with one attached hydrogen (secondary N) is 1. The minimum atomic E-state index is -0.401. The molecule has 0 saturated carbocycles. The van der Waals surface area contributed by atoms with E-state index in [9.17, 15) is 10.1 Å². The van der Waals surface area contributed by atoms with Gasteiger partial charge in [-0.1, -0.05) is 6.42 Å². The predicted molar refractivity (Wildman–Crippen MR) is 69.5 cm³/mol. The number of pyridine rings is 1. The van der Waals surface area contributed by atoms with Crippen LogP contribution in [-0.2, 0) is 0 Å². The number of hydrogen-bond donors (Lipinski definition) is 1. The van der Waals surface area contributed by atoms with Gasteiger partial charge in [0.15, 0.2) is 0 Å². The van der Waals surface area contributed by atoms with Crippen LogP contribution in [0.4, 0.5) is 11.5 Å². The zero-order chi connectivity index (χ0) is 12.1. The van der Waals surface area contributed by atoms with Crippen molar-refractivity contribution in [1.29, 1.82) is 0 Å². The number of nitrogens with zero attached hydrogens (tertiary/aromatic N) is 2. The van der Waals surface area contributed by atoms with Crippen molar-refractivity contribution >= 4 is 23.3 Å². The van der Waals surface area contributed by atoms with Crippen molar-refractivity contribution in [3.63, 3.8) is 0 Å². The smallest absolute Gasteiger partial charge is 0.274 e. The SMILES string of the molecule is O=[N+]([O-])c1ccnc(NCC2CCCCS2)c1. The van der Waals surface area contributed by atoms with Gasteiger partial charge < -0.3 is 5.32 Å². The Hall–Kier alpha value is -1.30. The van der Waals surface area contributed by atoms with Crippen molar-refractivity contribution in [3.8, 4) is 0 Å². The summed E-state index contributed by atoms with van der Waals surface area (Å²) in [6, 6.07) is 2.88. The first-order chi connectivity index (χ1) is 8.25. The van der Waals surface area contributed by atoms with E-state index in [4.69, 9.17) is 0 Å². The highest BCUT2D eigenvalue weighted by molar-refractivity contribution is 7.99. The Balaban J connectivity index is 1.89. The first-order valence-electron chi connectivity index (χ1n) is 5.71. The van der Waals surface area contributed by atoms with Gasteiger partial charge in [-0.3, -0.25) is 10.1 Å². The second-order valence-corrected chi connectivity index (χ2v) is 5.43. The van der Waals surface area contributed by atoms with Crippen molar-refractivity contribution in [2.75, 3.05) is 17.6 Å². The third-order valence-electron chi connectivity index (χ3n) is 2.74. The molecule has 2 heterocycles. The van der Waals surface area contributed by atoms with Gasteiger partial charge in [0.2, 0.25) is 0 Å². The Bertz CT molecular complexity index is 394. The van der Waals surface area contributed by atoms with Crippen LogP contribution < -0.4 is 5.32 Å². The maximum absolute atomic E-state index is 10.6. The molecule has 2 rings (SSSR count). The molecule has 1 aliphatic heterocycles.